The van der Waals surface area contributed by atoms with Gasteiger partial charge in [-0.1, -0.05) is 78.4 Å². The Hall–Kier alpha value is -2.79. The second-order valence-corrected chi connectivity index (χ2v) is 7.19. The van der Waals surface area contributed by atoms with Gasteiger partial charge in [0.25, 0.3) is 0 Å². The molecule has 0 fully saturated rings. The molecule has 0 radical (unpaired) electrons. The number of halogens is 2. The van der Waals surface area contributed by atoms with Gasteiger partial charge < -0.3 is 15.2 Å². The van der Waals surface area contributed by atoms with Crippen molar-refractivity contribution >= 4 is 36.1 Å². The fourth-order valence-corrected chi connectivity index (χ4v) is 3.12. The van der Waals surface area contributed by atoms with Crippen LogP contribution in [0.3, 0.4) is 0 Å². The number of ether oxygens (including phenoxy) is 1. The summed E-state index contributed by atoms with van der Waals surface area (Å²) in [5.41, 5.74) is 4.34. The number of benzene rings is 3. The molecule has 2 N–H and O–H groups in total. The summed E-state index contributed by atoms with van der Waals surface area (Å²) >= 11 is 6.35. The van der Waals surface area contributed by atoms with Crippen LogP contribution in [0, 0.1) is 0 Å². The lowest BCUT2D eigenvalue weighted by molar-refractivity contribution is -0.136. The minimum Gasteiger partial charge on any atom is -0.489 e. The van der Waals surface area contributed by atoms with Crippen molar-refractivity contribution in [3.8, 4) is 16.9 Å². The topological polar surface area (TPSA) is 58.6 Å². The number of aliphatic carboxylic acids is 1. The molecule has 3 aromatic carbocycles. The molecule has 0 aliphatic rings. The second-order valence-electron chi connectivity index (χ2n) is 6.79. The summed E-state index contributed by atoms with van der Waals surface area (Å²) in [5.74, 6) is -0.0962. The van der Waals surface area contributed by atoms with Crippen molar-refractivity contribution in [3.05, 3.63) is 95.0 Å². The highest BCUT2D eigenvalue weighted by molar-refractivity contribution is 6.32. The summed E-state index contributed by atoms with van der Waals surface area (Å²) in [6, 6.07) is 24.2. The average molecular weight is 458 g/mol. The van der Waals surface area contributed by atoms with Gasteiger partial charge in [0, 0.05) is 13.1 Å². The van der Waals surface area contributed by atoms with E-state index in [1.54, 1.807) is 6.07 Å². The van der Waals surface area contributed by atoms with Crippen LogP contribution in [-0.2, 0) is 11.4 Å². The lowest BCUT2D eigenvalue weighted by Crippen LogP contribution is -2.17. The van der Waals surface area contributed by atoms with E-state index >= 15 is 0 Å². The average Bonchev–Trinajstić information content (AvgIpc) is 2.76. The van der Waals surface area contributed by atoms with Crippen molar-refractivity contribution in [2.45, 2.75) is 13.0 Å². The molecule has 0 spiro atoms. The number of hydrogen-bond donors (Lipinski definition) is 2. The minimum atomic E-state index is -0.808. The summed E-state index contributed by atoms with van der Waals surface area (Å²) in [6.45, 7) is 1.49. The molecule has 0 amide bonds. The van der Waals surface area contributed by atoms with E-state index in [1.807, 2.05) is 42.5 Å². The molecule has 0 aliphatic heterocycles. The minimum absolute atomic E-state index is 0. The molecule has 0 saturated carbocycles. The van der Waals surface area contributed by atoms with Gasteiger partial charge in [0.2, 0.25) is 0 Å². The van der Waals surface area contributed by atoms with E-state index < -0.39 is 5.97 Å². The van der Waals surface area contributed by atoms with Crippen LogP contribution in [0.5, 0.6) is 5.75 Å². The highest BCUT2D eigenvalue weighted by Gasteiger charge is 2.02. The normalized spacial score (nSPS) is 10.6. The monoisotopic (exact) mass is 457 g/mol. The number of carboxylic acid groups (broad SMARTS) is 1. The quantitative estimate of drug-likeness (QED) is 0.361. The van der Waals surface area contributed by atoms with E-state index in [9.17, 15) is 4.79 Å². The molecule has 0 saturated heterocycles. The molecule has 0 heterocycles. The molecule has 6 heteroatoms. The standard InChI is InChI=1S/C25H24ClNO3.ClH/c26-24-17-23(13-12-22(24)7-4-15-27-16-14-25(28)29)30-18-19-8-10-21(11-9-19)20-5-2-1-3-6-20;/h1-13,17,27H,14-16,18H2,(H,28,29);1H. The van der Waals surface area contributed by atoms with Crippen molar-refractivity contribution in [2.75, 3.05) is 13.1 Å². The summed E-state index contributed by atoms with van der Waals surface area (Å²) in [5, 5.41) is 12.2. The molecule has 0 aromatic heterocycles. The molecule has 3 rings (SSSR count). The highest BCUT2D eigenvalue weighted by Crippen LogP contribution is 2.25. The zero-order chi connectivity index (χ0) is 21.2. The molecule has 0 aliphatic carbocycles. The van der Waals surface area contributed by atoms with Gasteiger partial charge >= 0.3 is 5.97 Å². The number of nitrogens with one attached hydrogen (secondary N) is 1. The number of rotatable bonds is 10. The van der Waals surface area contributed by atoms with E-state index in [0.717, 1.165) is 11.1 Å². The molecule has 4 nitrogen and oxygen atoms in total. The molecular formula is C25H25Cl2NO3. The van der Waals surface area contributed by atoms with Crippen LogP contribution in [0.25, 0.3) is 17.2 Å². The van der Waals surface area contributed by atoms with E-state index in [2.05, 4.69) is 41.7 Å². The maximum absolute atomic E-state index is 10.5. The summed E-state index contributed by atoms with van der Waals surface area (Å²) in [6.07, 6.45) is 3.93. The van der Waals surface area contributed by atoms with Crippen molar-refractivity contribution in [3.63, 3.8) is 0 Å². The van der Waals surface area contributed by atoms with Gasteiger partial charge in [-0.3, -0.25) is 4.79 Å². The highest BCUT2D eigenvalue weighted by atomic mass is 35.5. The molecule has 0 unspecified atom stereocenters. The van der Waals surface area contributed by atoms with Crippen molar-refractivity contribution in [2.24, 2.45) is 0 Å². The Morgan fingerprint density at radius 2 is 1.71 bits per heavy atom. The van der Waals surface area contributed by atoms with Crippen LogP contribution in [0.1, 0.15) is 17.5 Å². The fraction of sp³-hybridized carbons (Fsp3) is 0.160. The second kappa shape index (κ2) is 12.8. The van der Waals surface area contributed by atoms with Gasteiger partial charge in [-0.25, -0.2) is 0 Å². The summed E-state index contributed by atoms with van der Waals surface area (Å²) in [4.78, 5) is 10.5. The molecule has 162 valence electrons. The lowest BCUT2D eigenvalue weighted by Gasteiger charge is -2.09. The molecule has 0 atom stereocenters. The van der Waals surface area contributed by atoms with Crippen LogP contribution in [0.4, 0.5) is 0 Å². The summed E-state index contributed by atoms with van der Waals surface area (Å²) in [7, 11) is 0. The fourth-order valence-electron chi connectivity index (χ4n) is 2.89. The molecule has 31 heavy (non-hydrogen) atoms. The third-order valence-electron chi connectivity index (χ3n) is 4.51. The lowest BCUT2D eigenvalue weighted by atomic mass is 10.0. The third-order valence-corrected chi connectivity index (χ3v) is 4.84. The maximum Gasteiger partial charge on any atom is 0.304 e. The first-order valence-corrected chi connectivity index (χ1v) is 10.2. The maximum atomic E-state index is 10.5. The van der Waals surface area contributed by atoms with E-state index in [-0.39, 0.29) is 18.8 Å². The van der Waals surface area contributed by atoms with Crippen molar-refractivity contribution < 1.29 is 14.6 Å². The van der Waals surface area contributed by atoms with E-state index in [0.29, 0.717) is 30.5 Å². The Balaban J connectivity index is 0.00000341. The van der Waals surface area contributed by atoms with Gasteiger partial charge in [0.15, 0.2) is 0 Å². The Kier molecular flexibility index (Phi) is 10.1. The Morgan fingerprint density at radius 3 is 2.39 bits per heavy atom. The Bertz CT molecular complexity index is 989. The van der Waals surface area contributed by atoms with Crippen LogP contribution < -0.4 is 10.1 Å². The van der Waals surface area contributed by atoms with Crippen molar-refractivity contribution in [1.82, 2.24) is 5.32 Å². The first-order chi connectivity index (χ1) is 14.6. The molecule has 3 aromatic rings. The SMILES string of the molecule is Cl.O=C(O)CCNCC=Cc1ccc(OCc2ccc(-c3ccccc3)cc2)cc1Cl. The van der Waals surface area contributed by atoms with Gasteiger partial charge in [0.1, 0.15) is 12.4 Å². The first-order valence-electron chi connectivity index (χ1n) is 9.77. The van der Waals surface area contributed by atoms with Crippen LogP contribution in [-0.4, -0.2) is 24.2 Å². The van der Waals surface area contributed by atoms with Crippen LogP contribution in [0.2, 0.25) is 5.02 Å². The van der Waals surface area contributed by atoms with Gasteiger partial charge in [-0.2, -0.15) is 0 Å². The molecular weight excluding hydrogens is 433 g/mol. The predicted molar refractivity (Wildman–Crippen MR) is 129 cm³/mol. The first kappa shape index (κ1) is 24.5. The van der Waals surface area contributed by atoms with Crippen molar-refractivity contribution in [1.29, 1.82) is 0 Å². The summed E-state index contributed by atoms with van der Waals surface area (Å²) < 4.78 is 5.88. The van der Waals surface area contributed by atoms with Crippen LogP contribution >= 0.6 is 24.0 Å². The predicted octanol–water partition coefficient (Wildman–Crippen LogP) is 6.09. The number of carboxylic acids is 1. The molecule has 0 bridgehead atoms. The third kappa shape index (κ3) is 8.10. The zero-order valence-electron chi connectivity index (χ0n) is 17.0. The smallest absolute Gasteiger partial charge is 0.304 e. The Morgan fingerprint density at radius 1 is 1.00 bits per heavy atom. The number of carbonyl (C=O) groups is 1. The van der Waals surface area contributed by atoms with Gasteiger partial charge in [-0.05, 0) is 40.5 Å². The zero-order valence-corrected chi connectivity index (χ0v) is 18.5. The number of hydrogen-bond acceptors (Lipinski definition) is 3. The largest absolute Gasteiger partial charge is 0.489 e. The van der Waals surface area contributed by atoms with Crippen LogP contribution in [0.15, 0.2) is 78.9 Å². The van der Waals surface area contributed by atoms with Gasteiger partial charge in [-0.15, -0.1) is 12.4 Å². The van der Waals surface area contributed by atoms with E-state index in [1.165, 1.54) is 11.1 Å². The van der Waals surface area contributed by atoms with Gasteiger partial charge in [0.05, 0.1) is 11.4 Å². The van der Waals surface area contributed by atoms with E-state index in [4.69, 9.17) is 21.4 Å². The Labute approximate surface area is 193 Å².